The van der Waals surface area contributed by atoms with Gasteiger partial charge in [0.05, 0.1) is 12.8 Å². The number of para-hydroxylation sites is 1. The summed E-state index contributed by atoms with van der Waals surface area (Å²) in [6.45, 7) is 8.30. The number of ether oxygens (including phenoxy) is 1. The van der Waals surface area contributed by atoms with Crippen molar-refractivity contribution in [3.63, 3.8) is 0 Å². The van der Waals surface area contributed by atoms with Crippen molar-refractivity contribution in [2.24, 2.45) is 5.92 Å². The molecule has 2 aromatic heterocycles. The zero-order chi connectivity index (χ0) is 20.3. The number of hydrogen-bond acceptors (Lipinski definition) is 3. The number of benzene rings is 1. The predicted octanol–water partition coefficient (Wildman–Crippen LogP) is 4.33. The number of imidazole rings is 1. The summed E-state index contributed by atoms with van der Waals surface area (Å²) in [6.07, 6.45) is 4.22. The molecule has 148 valence electrons. The number of methoxy groups -OCH3 is 1. The monoisotopic (exact) mass is 379 g/mol. The number of nitrogens with zero attached hydrogens (tertiary/aromatic N) is 2. The Kier molecular flexibility index (Phi) is 6.02. The Labute approximate surface area is 166 Å². The van der Waals surface area contributed by atoms with Crippen LogP contribution in [0.5, 0.6) is 5.75 Å². The van der Waals surface area contributed by atoms with E-state index in [1.54, 1.807) is 7.11 Å². The average molecular weight is 380 g/mol. The van der Waals surface area contributed by atoms with Gasteiger partial charge in [-0.25, -0.2) is 4.98 Å². The van der Waals surface area contributed by atoms with E-state index in [9.17, 15) is 4.79 Å². The van der Waals surface area contributed by atoms with Gasteiger partial charge in [0, 0.05) is 36.3 Å². The second kappa shape index (κ2) is 8.46. The highest BCUT2D eigenvalue weighted by atomic mass is 16.5. The zero-order valence-corrected chi connectivity index (χ0v) is 17.3. The molecular formula is C23H29N3O2. The van der Waals surface area contributed by atoms with Gasteiger partial charge in [0.1, 0.15) is 11.4 Å². The minimum Gasteiger partial charge on any atom is -0.496 e. The van der Waals surface area contributed by atoms with Crippen molar-refractivity contribution in [3.05, 3.63) is 65.6 Å². The van der Waals surface area contributed by atoms with Gasteiger partial charge in [-0.05, 0) is 43.5 Å². The van der Waals surface area contributed by atoms with E-state index >= 15 is 0 Å². The summed E-state index contributed by atoms with van der Waals surface area (Å²) in [5, 5.41) is 3.13. The molecule has 2 unspecified atom stereocenters. The minimum atomic E-state index is -0.159. The molecule has 1 amide bonds. The number of rotatable bonds is 7. The molecule has 0 spiro atoms. The van der Waals surface area contributed by atoms with Crippen molar-refractivity contribution >= 4 is 11.6 Å². The number of fused-ring (bicyclic) bond motifs is 1. The molecule has 0 aliphatic rings. The Morgan fingerprint density at radius 2 is 1.96 bits per heavy atom. The van der Waals surface area contributed by atoms with Crippen LogP contribution >= 0.6 is 0 Å². The zero-order valence-electron chi connectivity index (χ0n) is 17.3. The lowest BCUT2D eigenvalue weighted by molar-refractivity contribution is -0.122. The molecule has 0 saturated carbocycles. The Morgan fingerprint density at radius 3 is 2.68 bits per heavy atom. The van der Waals surface area contributed by atoms with Crippen molar-refractivity contribution in [3.8, 4) is 5.75 Å². The largest absolute Gasteiger partial charge is 0.496 e. The molecule has 5 nitrogen and oxygen atoms in total. The van der Waals surface area contributed by atoms with E-state index in [1.165, 1.54) is 0 Å². The first-order chi connectivity index (χ1) is 13.4. The summed E-state index contributed by atoms with van der Waals surface area (Å²) < 4.78 is 7.65. The molecule has 0 aliphatic carbocycles. The molecule has 3 aromatic rings. The first-order valence-corrected chi connectivity index (χ1v) is 9.76. The first-order valence-electron chi connectivity index (χ1n) is 9.76. The van der Waals surface area contributed by atoms with Crippen molar-refractivity contribution in [1.82, 2.24) is 14.7 Å². The van der Waals surface area contributed by atoms with Gasteiger partial charge in [-0.15, -0.1) is 0 Å². The molecule has 0 saturated heterocycles. The second-order valence-electron chi connectivity index (χ2n) is 7.71. The summed E-state index contributed by atoms with van der Waals surface area (Å²) in [5.41, 5.74) is 4.00. The van der Waals surface area contributed by atoms with Gasteiger partial charge in [-0.2, -0.15) is 0 Å². The van der Waals surface area contributed by atoms with E-state index in [-0.39, 0.29) is 17.9 Å². The van der Waals surface area contributed by atoms with Gasteiger partial charge >= 0.3 is 0 Å². The van der Waals surface area contributed by atoms with Crippen LogP contribution in [0.4, 0.5) is 0 Å². The van der Waals surface area contributed by atoms with Crippen LogP contribution in [0.3, 0.4) is 0 Å². The van der Waals surface area contributed by atoms with E-state index in [1.807, 2.05) is 56.6 Å². The fourth-order valence-electron chi connectivity index (χ4n) is 3.35. The van der Waals surface area contributed by atoms with Crippen molar-refractivity contribution < 1.29 is 9.53 Å². The summed E-state index contributed by atoms with van der Waals surface area (Å²) in [6, 6.07) is 12.1. The maximum Gasteiger partial charge on any atom is 0.221 e. The summed E-state index contributed by atoms with van der Waals surface area (Å²) in [5.74, 6) is 1.03. The number of aryl methyl sites for hydroxylation is 1. The molecule has 0 fully saturated rings. The third-order valence-corrected chi connectivity index (χ3v) is 5.35. The minimum absolute atomic E-state index is 0.0270. The lowest BCUT2D eigenvalue weighted by Crippen LogP contribution is -2.37. The highest BCUT2D eigenvalue weighted by Gasteiger charge is 2.25. The Hall–Kier alpha value is -2.82. The summed E-state index contributed by atoms with van der Waals surface area (Å²) in [4.78, 5) is 17.4. The normalized spacial score (nSPS) is 13.5. The van der Waals surface area contributed by atoms with Crippen molar-refractivity contribution in [1.29, 1.82) is 0 Å². The Balaban J connectivity index is 2.02. The highest BCUT2D eigenvalue weighted by molar-refractivity contribution is 5.78. The van der Waals surface area contributed by atoms with Crippen LogP contribution in [0.15, 0.2) is 48.8 Å². The van der Waals surface area contributed by atoms with E-state index in [0.29, 0.717) is 12.3 Å². The van der Waals surface area contributed by atoms with Gasteiger partial charge in [-0.1, -0.05) is 32.0 Å². The molecule has 2 atom stereocenters. The maximum atomic E-state index is 12.8. The van der Waals surface area contributed by atoms with Gasteiger partial charge in [0.2, 0.25) is 5.91 Å². The predicted molar refractivity (Wildman–Crippen MR) is 112 cm³/mol. The maximum absolute atomic E-state index is 12.8. The van der Waals surface area contributed by atoms with Gasteiger partial charge in [0.25, 0.3) is 0 Å². The van der Waals surface area contributed by atoms with Crippen LogP contribution in [0.2, 0.25) is 0 Å². The summed E-state index contributed by atoms with van der Waals surface area (Å²) in [7, 11) is 1.66. The van der Waals surface area contributed by atoms with Crippen molar-refractivity contribution in [2.45, 2.75) is 46.1 Å². The average Bonchev–Trinajstić information content (AvgIpc) is 3.08. The van der Waals surface area contributed by atoms with Crippen LogP contribution in [-0.4, -0.2) is 28.4 Å². The summed E-state index contributed by atoms with van der Waals surface area (Å²) >= 11 is 0. The molecule has 0 bridgehead atoms. The van der Waals surface area contributed by atoms with Gasteiger partial charge in [-0.3, -0.25) is 4.79 Å². The third-order valence-electron chi connectivity index (χ3n) is 5.35. The third kappa shape index (κ3) is 4.19. The number of carbonyl (C=O) groups excluding carboxylic acids is 1. The number of hydrogen-bond donors (Lipinski definition) is 1. The van der Waals surface area contributed by atoms with Crippen LogP contribution in [0.1, 0.15) is 49.9 Å². The number of nitrogens with one attached hydrogen (secondary N) is 1. The fraction of sp³-hybridized carbons (Fsp3) is 0.391. The standard InChI is InChI=1S/C23H29N3O2/c1-15(2)17(4)25-23(27)13-19(18-8-6-7-9-21(18)28-5)20-14-24-22-12-16(3)10-11-26(20)22/h6-12,14-15,17,19H,13H2,1-5H3,(H,25,27). The molecule has 0 radical (unpaired) electrons. The quantitative estimate of drug-likeness (QED) is 0.665. The molecule has 0 aliphatic heterocycles. The smallest absolute Gasteiger partial charge is 0.221 e. The SMILES string of the molecule is COc1ccccc1C(CC(=O)NC(C)C(C)C)c1cnc2cc(C)ccn12. The van der Waals surface area contributed by atoms with Crippen LogP contribution in [0.25, 0.3) is 5.65 Å². The lowest BCUT2D eigenvalue weighted by Gasteiger charge is -2.22. The van der Waals surface area contributed by atoms with E-state index < -0.39 is 0 Å². The highest BCUT2D eigenvalue weighted by Crippen LogP contribution is 2.34. The van der Waals surface area contributed by atoms with E-state index in [4.69, 9.17) is 4.74 Å². The Morgan fingerprint density at radius 1 is 1.21 bits per heavy atom. The Bertz CT molecular complexity index is 961. The van der Waals surface area contributed by atoms with Gasteiger partial charge < -0.3 is 14.5 Å². The number of amides is 1. The number of pyridine rings is 1. The molecule has 1 aromatic carbocycles. The van der Waals surface area contributed by atoms with Crippen LogP contribution in [-0.2, 0) is 4.79 Å². The second-order valence-corrected chi connectivity index (χ2v) is 7.71. The van der Waals surface area contributed by atoms with Crippen LogP contribution in [0, 0.1) is 12.8 Å². The molecule has 1 N–H and O–H groups in total. The molecule has 3 rings (SSSR count). The molecule has 28 heavy (non-hydrogen) atoms. The van der Waals surface area contributed by atoms with Crippen molar-refractivity contribution in [2.75, 3.05) is 7.11 Å². The fourth-order valence-corrected chi connectivity index (χ4v) is 3.35. The number of carbonyl (C=O) groups is 1. The number of aromatic nitrogens is 2. The first kappa shape index (κ1) is 19.9. The molecule has 5 heteroatoms. The van der Waals surface area contributed by atoms with E-state index in [0.717, 1.165) is 28.2 Å². The molecule has 2 heterocycles. The topological polar surface area (TPSA) is 55.6 Å². The molecular weight excluding hydrogens is 350 g/mol. The van der Waals surface area contributed by atoms with Crippen LogP contribution < -0.4 is 10.1 Å². The van der Waals surface area contributed by atoms with Gasteiger partial charge in [0.15, 0.2) is 0 Å². The van der Waals surface area contributed by atoms with E-state index in [2.05, 4.69) is 34.6 Å². The lowest BCUT2D eigenvalue weighted by atomic mass is 9.91.